The third-order valence-corrected chi connectivity index (χ3v) is 3.35. The average Bonchev–Trinajstić information content (AvgIpc) is 2.42. The fourth-order valence-corrected chi connectivity index (χ4v) is 2.22. The van der Waals surface area contributed by atoms with E-state index in [-0.39, 0.29) is 6.61 Å². The number of aliphatic hydroxyl groups excluding tert-OH is 1. The molecule has 0 heterocycles. The highest BCUT2D eigenvalue weighted by molar-refractivity contribution is 5.44. The molecule has 3 nitrogen and oxygen atoms in total. The molecule has 0 aliphatic carbocycles. The minimum Gasteiger partial charge on any atom is -0.493 e. The number of para-hydroxylation sites is 1. The van der Waals surface area contributed by atoms with E-state index in [9.17, 15) is 0 Å². The lowest BCUT2D eigenvalue weighted by atomic mass is 9.94. The molecule has 0 aromatic heterocycles. The van der Waals surface area contributed by atoms with Gasteiger partial charge in [-0.05, 0) is 35.9 Å². The van der Waals surface area contributed by atoms with Crippen LogP contribution in [0.5, 0.6) is 5.75 Å². The Morgan fingerprint density at radius 2 is 1.65 bits per heavy atom. The van der Waals surface area contributed by atoms with Gasteiger partial charge in [0.25, 0.3) is 0 Å². The molecule has 114 valence electrons. The summed E-state index contributed by atoms with van der Waals surface area (Å²) in [5.74, 6) is 2.01. The van der Waals surface area contributed by atoms with Crippen LogP contribution in [0.4, 0.5) is 0 Å². The molecule has 0 bridgehead atoms. The number of hydrogen-bond acceptors (Lipinski definition) is 3. The highest BCUT2D eigenvalue weighted by Gasteiger charge is 2.14. The molecular weight excluding hydrogens is 250 g/mol. The van der Waals surface area contributed by atoms with Gasteiger partial charge >= 0.3 is 0 Å². The van der Waals surface area contributed by atoms with E-state index in [1.807, 2.05) is 0 Å². The molecule has 0 fully saturated rings. The maximum atomic E-state index is 8.70. The predicted molar refractivity (Wildman–Crippen MR) is 84.7 cm³/mol. The van der Waals surface area contributed by atoms with Gasteiger partial charge in [-0.2, -0.15) is 0 Å². The Balaban J connectivity index is 2.66. The van der Waals surface area contributed by atoms with Gasteiger partial charge in [-0.15, -0.1) is 0 Å². The van der Waals surface area contributed by atoms with Crippen molar-refractivity contribution in [1.82, 2.24) is 5.32 Å². The Bertz CT molecular complexity index is 362. The van der Waals surface area contributed by atoms with Crippen LogP contribution in [-0.2, 0) is 0 Å². The van der Waals surface area contributed by atoms with Gasteiger partial charge in [0.15, 0.2) is 0 Å². The smallest absolute Gasteiger partial charge is 0.126 e. The minimum atomic E-state index is 0.189. The quantitative estimate of drug-likeness (QED) is 0.682. The van der Waals surface area contributed by atoms with Crippen LogP contribution < -0.4 is 10.1 Å². The van der Waals surface area contributed by atoms with Gasteiger partial charge in [0.2, 0.25) is 0 Å². The first-order valence-corrected chi connectivity index (χ1v) is 7.65. The van der Waals surface area contributed by atoms with Crippen molar-refractivity contribution in [3.63, 3.8) is 0 Å². The van der Waals surface area contributed by atoms with Crippen molar-refractivity contribution in [2.75, 3.05) is 26.3 Å². The summed E-state index contributed by atoms with van der Waals surface area (Å²) >= 11 is 0. The lowest BCUT2D eigenvalue weighted by Gasteiger charge is -2.20. The Kier molecular flexibility index (Phi) is 7.63. The molecule has 0 saturated carbocycles. The first-order valence-electron chi connectivity index (χ1n) is 7.65. The Labute approximate surface area is 123 Å². The Morgan fingerprint density at radius 3 is 2.15 bits per heavy atom. The molecule has 20 heavy (non-hydrogen) atoms. The molecule has 1 rings (SSSR count). The van der Waals surface area contributed by atoms with Crippen LogP contribution in [0.25, 0.3) is 0 Å². The molecule has 0 atom stereocenters. The molecule has 0 aliphatic heterocycles. The van der Waals surface area contributed by atoms with Crippen LogP contribution >= 0.6 is 0 Å². The van der Waals surface area contributed by atoms with Gasteiger partial charge in [0.05, 0.1) is 13.2 Å². The number of benzene rings is 1. The van der Waals surface area contributed by atoms with Crippen molar-refractivity contribution in [1.29, 1.82) is 0 Å². The van der Waals surface area contributed by atoms with Gasteiger partial charge in [-0.1, -0.05) is 45.9 Å². The lowest BCUT2D eigenvalue weighted by molar-refractivity contribution is 0.279. The highest BCUT2D eigenvalue weighted by Crippen LogP contribution is 2.34. The molecule has 1 aromatic rings. The molecule has 0 unspecified atom stereocenters. The average molecular weight is 279 g/mol. The van der Waals surface area contributed by atoms with Gasteiger partial charge in [-0.3, -0.25) is 0 Å². The van der Waals surface area contributed by atoms with Crippen LogP contribution in [0.1, 0.15) is 57.1 Å². The zero-order chi connectivity index (χ0) is 15.0. The fourth-order valence-electron chi connectivity index (χ4n) is 2.22. The summed E-state index contributed by atoms with van der Waals surface area (Å²) < 4.78 is 6.07. The standard InChI is InChI=1S/C17H29NO2/c1-13(2)15-7-5-8-16(14(3)4)17(15)20-12-6-9-18-10-11-19/h5,7-8,13-14,18-19H,6,9-12H2,1-4H3. The molecule has 0 amide bonds. The lowest BCUT2D eigenvalue weighted by Crippen LogP contribution is -2.21. The number of rotatable bonds is 9. The van der Waals surface area contributed by atoms with Gasteiger partial charge in [-0.25, -0.2) is 0 Å². The van der Waals surface area contributed by atoms with E-state index in [2.05, 4.69) is 51.2 Å². The second-order valence-corrected chi connectivity index (χ2v) is 5.75. The van der Waals surface area contributed by atoms with Crippen molar-refractivity contribution in [2.45, 2.75) is 46.0 Å². The van der Waals surface area contributed by atoms with E-state index in [4.69, 9.17) is 9.84 Å². The second-order valence-electron chi connectivity index (χ2n) is 5.75. The van der Waals surface area contributed by atoms with Crippen molar-refractivity contribution >= 4 is 0 Å². The highest BCUT2D eigenvalue weighted by atomic mass is 16.5. The van der Waals surface area contributed by atoms with Crippen LogP contribution in [0.3, 0.4) is 0 Å². The van der Waals surface area contributed by atoms with Crippen molar-refractivity contribution in [2.24, 2.45) is 0 Å². The summed E-state index contributed by atoms with van der Waals surface area (Å²) in [4.78, 5) is 0. The van der Waals surface area contributed by atoms with Gasteiger partial charge < -0.3 is 15.2 Å². The maximum absolute atomic E-state index is 8.70. The summed E-state index contributed by atoms with van der Waals surface area (Å²) in [5, 5.41) is 11.9. The number of ether oxygens (including phenoxy) is 1. The third-order valence-electron chi connectivity index (χ3n) is 3.35. The molecule has 3 heteroatoms. The monoisotopic (exact) mass is 279 g/mol. The fraction of sp³-hybridized carbons (Fsp3) is 0.647. The van der Waals surface area contributed by atoms with Gasteiger partial charge in [0, 0.05) is 6.54 Å². The molecule has 2 N–H and O–H groups in total. The first-order chi connectivity index (χ1) is 9.57. The molecular formula is C17H29NO2. The minimum absolute atomic E-state index is 0.189. The largest absolute Gasteiger partial charge is 0.493 e. The van der Waals surface area contributed by atoms with E-state index in [1.54, 1.807) is 0 Å². The summed E-state index contributed by atoms with van der Waals surface area (Å²) in [6.45, 7) is 11.2. The van der Waals surface area contributed by atoms with Crippen molar-refractivity contribution in [3.8, 4) is 5.75 Å². The third kappa shape index (κ3) is 5.14. The van der Waals surface area contributed by atoms with Crippen LogP contribution in [-0.4, -0.2) is 31.4 Å². The van der Waals surface area contributed by atoms with Crippen LogP contribution in [0, 0.1) is 0 Å². The maximum Gasteiger partial charge on any atom is 0.126 e. The van der Waals surface area contributed by atoms with Crippen LogP contribution in [0.15, 0.2) is 18.2 Å². The molecule has 0 radical (unpaired) electrons. The molecule has 0 spiro atoms. The molecule has 0 aliphatic rings. The van der Waals surface area contributed by atoms with Crippen molar-refractivity contribution < 1.29 is 9.84 Å². The number of aliphatic hydroxyl groups is 1. The second kappa shape index (κ2) is 8.98. The predicted octanol–water partition coefficient (Wildman–Crippen LogP) is 3.28. The molecule has 1 aromatic carbocycles. The van der Waals surface area contributed by atoms with E-state index in [0.29, 0.717) is 25.0 Å². The summed E-state index contributed by atoms with van der Waals surface area (Å²) in [7, 11) is 0. The van der Waals surface area contributed by atoms with Gasteiger partial charge in [0.1, 0.15) is 5.75 Å². The topological polar surface area (TPSA) is 41.5 Å². The molecule has 0 saturated heterocycles. The van der Waals surface area contributed by atoms with Crippen LogP contribution in [0.2, 0.25) is 0 Å². The summed E-state index contributed by atoms with van der Waals surface area (Å²) in [6.07, 6.45) is 0.948. The summed E-state index contributed by atoms with van der Waals surface area (Å²) in [5.41, 5.74) is 2.58. The zero-order valence-electron chi connectivity index (χ0n) is 13.3. The normalized spacial score (nSPS) is 11.3. The number of nitrogens with one attached hydrogen (secondary N) is 1. The summed E-state index contributed by atoms with van der Waals surface area (Å²) in [6, 6.07) is 6.45. The van der Waals surface area contributed by atoms with Crippen molar-refractivity contribution in [3.05, 3.63) is 29.3 Å². The zero-order valence-corrected chi connectivity index (χ0v) is 13.3. The Morgan fingerprint density at radius 1 is 1.05 bits per heavy atom. The first kappa shape index (κ1) is 17.0. The Hall–Kier alpha value is -1.06. The van der Waals surface area contributed by atoms with E-state index >= 15 is 0 Å². The van der Waals surface area contributed by atoms with E-state index in [0.717, 1.165) is 18.7 Å². The van der Waals surface area contributed by atoms with E-state index in [1.165, 1.54) is 11.1 Å². The van der Waals surface area contributed by atoms with E-state index < -0.39 is 0 Å². The number of hydrogen-bond donors (Lipinski definition) is 2. The SMILES string of the molecule is CC(C)c1cccc(C(C)C)c1OCCCNCCO.